The summed E-state index contributed by atoms with van der Waals surface area (Å²) in [7, 11) is 0. The van der Waals surface area contributed by atoms with Crippen molar-refractivity contribution in [2.45, 2.75) is 51.5 Å². The lowest BCUT2D eigenvalue weighted by molar-refractivity contribution is -0.137. The van der Waals surface area contributed by atoms with Gasteiger partial charge >= 0.3 is 12.2 Å². The summed E-state index contributed by atoms with van der Waals surface area (Å²) in [6.45, 7) is 5.71. The standard InChI is InChI=1S/C22H24F3N3O2/c1-21(2,3)27-19(29)18-11-14-7-4-5-8-15(14)13-28(18)20(30)26-17-10-6-9-16(12-17)22(23,24)25/h4-10,12,18H,11,13H2,1-3H3,(H,26,30)(H,27,29)/t18-/m0/s1. The van der Waals surface area contributed by atoms with Gasteiger partial charge in [0.1, 0.15) is 6.04 Å². The molecule has 160 valence electrons. The van der Waals surface area contributed by atoms with Gasteiger partial charge in [0.05, 0.1) is 5.56 Å². The number of nitrogens with zero attached hydrogens (tertiary/aromatic N) is 1. The minimum absolute atomic E-state index is 0.0173. The van der Waals surface area contributed by atoms with Crippen LogP contribution >= 0.6 is 0 Å². The largest absolute Gasteiger partial charge is 0.416 e. The van der Waals surface area contributed by atoms with E-state index in [1.807, 2.05) is 45.0 Å². The molecule has 8 heteroatoms. The molecule has 3 rings (SSSR count). The van der Waals surface area contributed by atoms with Crippen molar-refractivity contribution >= 4 is 17.6 Å². The predicted octanol–water partition coefficient (Wildman–Crippen LogP) is 4.58. The molecule has 0 unspecified atom stereocenters. The number of carbonyl (C=O) groups is 2. The molecule has 0 radical (unpaired) electrons. The molecular weight excluding hydrogens is 395 g/mol. The third-order valence-electron chi connectivity index (χ3n) is 4.75. The third kappa shape index (κ3) is 5.11. The van der Waals surface area contributed by atoms with E-state index < -0.39 is 29.4 Å². The van der Waals surface area contributed by atoms with E-state index in [2.05, 4.69) is 10.6 Å². The normalized spacial score (nSPS) is 16.6. The molecule has 0 bridgehead atoms. The molecule has 0 saturated carbocycles. The average Bonchev–Trinajstić information content (AvgIpc) is 2.65. The molecule has 0 spiro atoms. The maximum atomic E-state index is 13.0. The van der Waals surface area contributed by atoms with Crippen LogP contribution in [0.3, 0.4) is 0 Å². The van der Waals surface area contributed by atoms with Gasteiger partial charge in [-0.2, -0.15) is 13.2 Å². The van der Waals surface area contributed by atoms with Gasteiger partial charge in [-0.05, 0) is 50.1 Å². The smallest absolute Gasteiger partial charge is 0.350 e. The van der Waals surface area contributed by atoms with Crippen LogP contribution in [0, 0.1) is 0 Å². The van der Waals surface area contributed by atoms with Gasteiger partial charge in [-0.15, -0.1) is 0 Å². The summed E-state index contributed by atoms with van der Waals surface area (Å²) in [6.07, 6.45) is -4.19. The molecule has 0 saturated heterocycles. The lowest BCUT2D eigenvalue weighted by atomic mass is 9.93. The first-order valence-corrected chi connectivity index (χ1v) is 9.58. The van der Waals surface area contributed by atoms with E-state index in [0.717, 1.165) is 23.3 Å². The van der Waals surface area contributed by atoms with Crippen molar-refractivity contribution in [3.8, 4) is 0 Å². The zero-order valence-corrected chi connectivity index (χ0v) is 17.0. The van der Waals surface area contributed by atoms with Crippen LogP contribution in [-0.4, -0.2) is 28.4 Å². The Morgan fingerprint density at radius 2 is 1.67 bits per heavy atom. The molecule has 0 fully saturated rings. The molecule has 5 nitrogen and oxygen atoms in total. The van der Waals surface area contributed by atoms with Crippen LogP contribution in [0.5, 0.6) is 0 Å². The summed E-state index contributed by atoms with van der Waals surface area (Å²) in [5.74, 6) is -0.309. The van der Waals surface area contributed by atoms with E-state index in [4.69, 9.17) is 0 Å². The summed E-state index contributed by atoms with van der Waals surface area (Å²) >= 11 is 0. The molecule has 1 atom stereocenters. The van der Waals surface area contributed by atoms with Crippen molar-refractivity contribution in [1.29, 1.82) is 0 Å². The van der Waals surface area contributed by atoms with Crippen LogP contribution in [0.2, 0.25) is 0 Å². The molecule has 1 heterocycles. The molecule has 1 aliphatic rings. The number of urea groups is 1. The molecule has 3 amide bonds. The Kier molecular flexibility index (Phi) is 5.78. The highest BCUT2D eigenvalue weighted by Crippen LogP contribution is 2.31. The molecule has 30 heavy (non-hydrogen) atoms. The fourth-order valence-corrected chi connectivity index (χ4v) is 3.39. The minimum Gasteiger partial charge on any atom is -0.350 e. The number of halogens is 3. The Labute approximate surface area is 173 Å². The molecule has 2 N–H and O–H groups in total. The fourth-order valence-electron chi connectivity index (χ4n) is 3.39. The summed E-state index contributed by atoms with van der Waals surface area (Å²) in [6, 6.07) is 10.5. The van der Waals surface area contributed by atoms with Crippen LogP contribution in [0.1, 0.15) is 37.5 Å². The Hall–Kier alpha value is -3.03. The summed E-state index contributed by atoms with van der Waals surface area (Å²) in [5.41, 5.74) is 0.540. The first-order valence-electron chi connectivity index (χ1n) is 9.58. The number of rotatable bonds is 2. The SMILES string of the molecule is CC(C)(C)NC(=O)[C@@H]1Cc2ccccc2CN1C(=O)Nc1cccc(C(F)(F)F)c1. The van der Waals surface area contributed by atoms with Gasteiger partial charge in [0.2, 0.25) is 5.91 Å². The minimum atomic E-state index is -4.51. The molecule has 2 aromatic carbocycles. The number of nitrogens with one attached hydrogen (secondary N) is 2. The Morgan fingerprint density at radius 3 is 2.30 bits per heavy atom. The van der Waals surface area contributed by atoms with Crippen molar-refractivity contribution < 1.29 is 22.8 Å². The number of benzene rings is 2. The van der Waals surface area contributed by atoms with Crippen molar-refractivity contribution in [3.63, 3.8) is 0 Å². The zero-order chi connectivity index (χ0) is 22.1. The number of anilines is 1. The summed E-state index contributed by atoms with van der Waals surface area (Å²) in [5, 5.41) is 5.40. The third-order valence-corrected chi connectivity index (χ3v) is 4.75. The quantitative estimate of drug-likeness (QED) is 0.749. The topological polar surface area (TPSA) is 61.4 Å². The van der Waals surface area contributed by atoms with Crippen LogP contribution in [0.25, 0.3) is 0 Å². The monoisotopic (exact) mass is 419 g/mol. The van der Waals surface area contributed by atoms with E-state index in [0.29, 0.717) is 6.42 Å². The van der Waals surface area contributed by atoms with E-state index >= 15 is 0 Å². The number of fused-ring (bicyclic) bond motifs is 1. The molecular formula is C22H24F3N3O2. The number of amides is 3. The summed E-state index contributed by atoms with van der Waals surface area (Å²) < 4.78 is 38.9. The lowest BCUT2D eigenvalue weighted by Crippen LogP contribution is -2.56. The summed E-state index contributed by atoms with van der Waals surface area (Å²) in [4.78, 5) is 27.2. The fraction of sp³-hybridized carbons (Fsp3) is 0.364. The van der Waals surface area contributed by atoms with E-state index in [-0.39, 0.29) is 18.1 Å². The maximum absolute atomic E-state index is 13.0. The molecule has 0 aromatic heterocycles. The highest BCUT2D eigenvalue weighted by molar-refractivity contribution is 5.94. The second-order valence-electron chi connectivity index (χ2n) is 8.36. The van der Waals surface area contributed by atoms with Crippen LogP contribution in [-0.2, 0) is 23.9 Å². The highest BCUT2D eigenvalue weighted by Gasteiger charge is 2.36. The van der Waals surface area contributed by atoms with E-state index in [1.54, 1.807) is 0 Å². The van der Waals surface area contributed by atoms with Gasteiger partial charge in [-0.1, -0.05) is 30.3 Å². The average molecular weight is 419 g/mol. The number of hydrogen-bond acceptors (Lipinski definition) is 2. The van der Waals surface area contributed by atoms with Gasteiger partial charge in [0.15, 0.2) is 0 Å². The van der Waals surface area contributed by atoms with Crippen molar-refractivity contribution in [2.75, 3.05) is 5.32 Å². The maximum Gasteiger partial charge on any atom is 0.416 e. The Bertz CT molecular complexity index is 951. The van der Waals surface area contributed by atoms with E-state index in [1.165, 1.54) is 17.0 Å². The number of carbonyl (C=O) groups excluding carboxylic acids is 2. The van der Waals surface area contributed by atoms with Crippen molar-refractivity contribution in [3.05, 3.63) is 65.2 Å². The van der Waals surface area contributed by atoms with Crippen LogP contribution < -0.4 is 10.6 Å². The van der Waals surface area contributed by atoms with Gasteiger partial charge < -0.3 is 15.5 Å². The zero-order valence-electron chi connectivity index (χ0n) is 17.0. The van der Waals surface area contributed by atoms with Crippen LogP contribution in [0.4, 0.5) is 23.7 Å². The predicted molar refractivity (Wildman–Crippen MR) is 108 cm³/mol. The van der Waals surface area contributed by atoms with Crippen molar-refractivity contribution in [2.24, 2.45) is 0 Å². The molecule has 0 aliphatic carbocycles. The highest BCUT2D eigenvalue weighted by atomic mass is 19.4. The molecule has 2 aromatic rings. The first-order chi connectivity index (χ1) is 13.9. The van der Waals surface area contributed by atoms with Gasteiger partial charge in [-0.3, -0.25) is 4.79 Å². The first kappa shape index (κ1) is 21.7. The number of alkyl halides is 3. The van der Waals surface area contributed by atoms with Gasteiger partial charge in [-0.25, -0.2) is 4.79 Å². The van der Waals surface area contributed by atoms with Gasteiger partial charge in [0.25, 0.3) is 0 Å². The Balaban J connectivity index is 1.86. The number of hydrogen-bond donors (Lipinski definition) is 2. The lowest BCUT2D eigenvalue weighted by Gasteiger charge is -2.37. The molecule has 1 aliphatic heterocycles. The second kappa shape index (κ2) is 8.01. The van der Waals surface area contributed by atoms with Gasteiger partial charge in [0, 0.05) is 24.2 Å². The Morgan fingerprint density at radius 1 is 1.00 bits per heavy atom. The van der Waals surface area contributed by atoms with Crippen LogP contribution in [0.15, 0.2) is 48.5 Å². The van der Waals surface area contributed by atoms with Crippen molar-refractivity contribution in [1.82, 2.24) is 10.2 Å². The second-order valence-corrected chi connectivity index (χ2v) is 8.36. The van der Waals surface area contributed by atoms with E-state index in [9.17, 15) is 22.8 Å².